The summed E-state index contributed by atoms with van der Waals surface area (Å²) in [5.74, 6) is 0.676. The van der Waals surface area contributed by atoms with Gasteiger partial charge in [-0.25, -0.2) is 9.48 Å². The summed E-state index contributed by atoms with van der Waals surface area (Å²) in [5, 5.41) is 10.3. The second-order valence-corrected chi connectivity index (χ2v) is 7.47. The van der Waals surface area contributed by atoms with Crippen molar-refractivity contribution in [1.82, 2.24) is 14.7 Å². The van der Waals surface area contributed by atoms with Gasteiger partial charge in [0.05, 0.1) is 13.2 Å². The van der Waals surface area contributed by atoms with E-state index < -0.39 is 6.09 Å². The van der Waals surface area contributed by atoms with Gasteiger partial charge in [0.15, 0.2) is 0 Å². The van der Waals surface area contributed by atoms with Crippen LogP contribution in [0.2, 0.25) is 0 Å². The Kier molecular flexibility index (Phi) is 9.86. The van der Waals surface area contributed by atoms with E-state index in [0.717, 1.165) is 44.3 Å². The Labute approximate surface area is 178 Å². The maximum Gasteiger partial charge on any atom is 0.411 e. The van der Waals surface area contributed by atoms with E-state index >= 15 is 0 Å². The van der Waals surface area contributed by atoms with E-state index in [1.54, 1.807) is 12.1 Å². The van der Waals surface area contributed by atoms with Crippen LogP contribution >= 0.6 is 0 Å². The standard InChI is InChI=1S/C22H33N5O3/c1-4-5-13-23-20-11-12-21(28)27(25-20)17-18-9-8-10-19(16-18)24-22(29)30-15-7-6-14-26(2)3/h8-12,16H,4-7,13-15,17H2,1-3H3,(H,23,25)(H,24,29). The highest BCUT2D eigenvalue weighted by Crippen LogP contribution is 2.12. The largest absolute Gasteiger partial charge is 0.449 e. The fraction of sp³-hybridized carbons (Fsp3) is 0.500. The molecule has 0 fully saturated rings. The van der Waals surface area contributed by atoms with Gasteiger partial charge in [0, 0.05) is 18.3 Å². The summed E-state index contributed by atoms with van der Waals surface area (Å²) in [5.41, 5.74) is 1.31. The van der Waals surface area contributed by atoms with Crippen LogP contribution in [0, 0.1) is 0 Å². The number of anilines is 2. The maximum absolute atomic E-state index is 12.2. The van der Waals surface area contributed by atoms with Gasteiger partial charge in [-0.1, -0.05) is 25.5 Å². The summed E-state index contributed by atoms with van der Waals surface area (Å²) in [6.07, 6.45) is 3.45. The average molecular weight is 416 g/mol. The molecule has 0 unspecified atom stereocenters. The van der Waals surface area contributed by atoms with Gasteiger partial charge in [-0.05, 0) is 63.7 Å². The fourth-order valence-electron chi connectivity index (χ4n) is 2.82. The van der Waals surface area contributed by atoms with Crippen molar-refractivity contribution in [2.45, 2.75) is 39.2 Å². The number of benzene rings is 1. The quantitative estimate of drug-likeness (QED) is 0.517. The molecule has 0 aliphatic heterocycles. The predicted octanol–water partition coefficient (Wildman–Crippen LogP) is 3.39. The number of rotatable bonds is 12. The highest BCUT2D eigenvalue weighted by molar-refractivity contribution is 5.84. The first kappa shape index (κ1) is 23.4. The second kappa shape index (κ2) is 12.6. The van der Waals surface area contributed by atoms with Gasteiger partial charge >= 0.3 is 6.09 Å². The van der Waals surface area contributed by atoms with E-state index in [4.69, 9.17) is 4.74 Å². The van der Waals surface area contributed by atoms with Crippen LogP contribution in [0.4, 0.5) is 16.3 Å². The third-order valence-corrected chi connectivity index (χ3v) is 4.44. The molecule has 0 aliphatic carbocycles. The van der Waals surface area contributed by atoms with E-state index in [1.807, 2.05) is 32.3 Å². The molecule has 1 heterocycles. The van der Waals surface area contributed by atoms with E-state index in [2.05, 4.69) is 27.6 Å². The van der Waals surface area contributed by atoms with Crippen LogP contribution in [0.1, 0.15) is 38.2 Å². The lowest BCUT2D eigenvalue weighted by Gasteiger charge is -2.11. The lowest BCUT2D eigenvalue weighted by atomic mass is 10.2. The van der Waals surface area contributed by atoms with Crippen molar-refractivity contribution in [1.29, 1.82) is 0 Å². The molecule has 1 amide bonds. The third-order valence-electron chi connectivity index (χ3n) is 4.44. The van der Waals surface area contributed by atoms with Gasteiger partial charge in [-0.2, -0.15) is 5.10 Å². The smallest absolute Gasteiger partial charge is 0.411 e. The Bertz CT molecular complexity index is 851. The van der Waals surface area contributed by atoms with Crippen molar-refractivity contribution in [3.05, 3.63) is 52.3 Å². The summed E-state index contributed by atoms with van der Waals surface area (Å²) >= 11 is 0. The summed E-state index contributed by atoms with van der Waals surface area (Å²) in [6.45, 7) is 4.61. The molecule has 0 saturated carbocycles. The minimum atomic E-state index is -0.477. The molecule has 1 aromatic carbocycles. The Morgan fingerprint density at radius 2 is 2.00 bits per heavy atom. The number of hydrogen-bond donors (Lipinski definition) is 2. The van der Waals surface area contributed by atoms with Crippen LogP contribution in [0.25, 0.3) is 0 Å². The lowest BCUT2D eigenvalue weighted by molar-refractivity contribution is 0.158. The van der Waals surface area contributed by atoms with Gasteiger partial charge < -0.3 is 15.0 Å². The maximum atomic E-state index is 12.2. The minimum absolute atomic E-state index is 0.175. The van der Waals surface area contributed by atoms with Crippen molar-refractivity contribution < 1.29 is 9.53 Å². The molecular weight excluding hydrogens is 382 g/mol. The minimum Gasteiger partial charge on any atom is -0.449 e. The molecular formula is C22H33N5O3. The molecule has 2 rings (SSSR count). The number of amides is 1. The number of ether oxygens (including phenoxy) is 1. The highest BCUT2D eigenvalue weighted by Gasteiger charge is 2.06. The van der Waals surface area contributed by atoms with Crippen molar-refractivity contribution in [3.63, 3.8) is 0 Å². The lowest BCUT2D eigenvalue weighted by Crippen LogP contribution is -2.24. The Balaban J connectivity index is 1.90. The van der Waals surface area contributed by atoms with Crippen LogP contribution in [0.3, 0.4) is 0 Å². The molecule has 0 radical (unpaired) electrons. The van der Waals surface area contributed by atoms with E-state index in [-0.39, 0.29) is 5.56 Å². The topological polar surface area (TPSA) is 88.5 Å². The number of unbranched alkanes of at least 4 members (excludes halogenated alkanes) is 2. The molecule has 2 aromatic rings. The summed E-state index contributed by atoms with van der Waals surface area (Å²) in [6, 6.07) is 10.5. The molecule has 2 N–H and O–H groups in total. The molecule has 8 heteroatoms. The Morgan fingerprint density at radius 1 is 1.17 bits per heavy atom. The van der Waals surface area contributed by atoms with Gasteiger partial charge in [-0.15, -0.1) is 0 Å². The molecule has 0 aliphatic rings. The molecule has 0 saturated heterocycles. The number of carbonyl (C=O) groups is 1. The first-order chi connectivity index (χ1) is 14.5. The number of hydrogen-bond acceptors (Lipinski definition) is 6. The number of aromatic nitrogens is 2. The normalized spacial score (nSPS) is 10.8. The molecule has 8 nitrogen and oxygen atoms in total. The number of carbonyl (C=O) groups excluding carboxylic acids is 1. The first-order valence-electron chi connectivity index (χ1n) is 10.5. The summed E-state index contributed by atoms with van der Waals surface area (Å²) < 4.78 is 6.64. The van der Waals surface area contributed by atoms with Gasteiger partial charge in [0.2, 0.25) is 0 Å². The highest BCUT2D eigenvalue weighted by atomic mass is 16.5. The van der Waals surface area contributed by atoms with E-state index in [9.17, 15) is 9.59 Å². The van der Waals surface area contributed by atoms with Gasteiger partial charge in [0.1, 0.15) is 5.82 Å². The average Bonchev–Trinajstić information content (AvgIpc) is 2.70. The number of nitrogens with one attached hydrogen (secondary N) is 2. The molecule has 0 bridgehead atoms. The second-order valence-electron chi connectivity index (χ2n) is 7.47. The van der Waals surface area contributed by atoms with Gasteiger partial charge in [-0.3, -0.25) is 10.1 Å². The van der Waals surface area contributed by atoms with E-state index in [1.165, 1.54) is 10.7 Å². The van der Waals surface area contributed by atoms with E-state index in [0.29, 0.717) is 24.7 Å². The van der Waals surface area contributed by atoms with Crippen LogP contribution in [-0.2, 0) is 11.3 Å². The molecule has 1 aromatic heterocycles. The number of nitrogens with zero attached hydrogens (tertiary/aromatic N) is 3. The molecule has 164 valence electrons. The SMILES string of the molecule is CCCCNc1ccc(=O)n(Cc2cccc(NC(=O)OCCCCN(C)C)c2)n1. The first-order valence-corrected chi connectivity index (χ1v) is 10.5. The zero-order valence-electron chi connectivity index (χ0n) is 18.2. The van der Waals surface area contributed by atoms with Crippen LogP contribution in [-0.4, -0.2) is 54.6 Å². The Hall–Kier alpha value is -2.87. The third kappa shape index (κ3) is 8.65. The van der Waals surface area contributed by atoms with Crippen LogP contribution < -0.4 is 16.2 Å². The van der Waals surface area contributed by atoms with Crippen molar-refractivity contribution >= 4 is 17.6 Å². The Morgan fingerprint density at radius 3 is 2.77 bits per heavy atom. The molecule has 0 spiro atoms. The van der Waals surface area contributed by atoms with Crippen molar-refractivity contribution in [2.75, 3.05) is 44.4 Å². The van der Waals surface area contributed by atoms with Crippen molar-refractivity contribution in [3.8, 4) is 0 Å². The monoisotopic (exact) mass is 415 g/mol. The van der Waals surface area contributed by atoms with Crippen LogP contribution in [0.5, 0.6) is 0 Å². The fourth-order valence-corrected chi connectivity index (χ4v) is 2.82. The zero-order valence-corrected chi connectivity index (χ0v) is 18.2. The zero-order chi connectivity index (χ0) is 21.8. The summed E-state index contributed by atoms with van der Waals surface area (Å²) in [7, 11) is 4.03. The molecule has 0 atom stereocenters. The van der Waals surface area contributed by atoms with Crippen LogP contribution in [0.15, 0.2) is 41.2 Å². The predicted molar refractivity (Wildman–Crippen MR) is 120 cm³/mol. The summed E-state index contributed by atoms with van der Waals surface area (Å²) in [4.78, 5) is 26.2. The van der Waals surface area contributed by atoms with Gasteiger partial charge in [0.25, 0.3) is 5.56 Å². The van der Waals surface area contributed by atoms with Crippen molar-refractivity contribution in [2.24, 2.45) is 0 Å². The molecule has 30 heavy (non-hydrogen) atoms.